The Balaban J connectivity index is 3.99. The molecular weight excluding hydrogens is 239 g/mol. The molecule has 0 aromatic carbocycles. The molecule has 0 aliphatic rings. The summed E-state index contributed by atoms with van der Waals surface area (Å²) in [6.07, 6.45) is 0.430. The van der Waals surface area contributed by atoms with Gasteiger partial charge in [0.1, 0.15) is 10.5 Å². The Bertz CT molecular complexity index is 167. The summed E-state index contributed by atoms with van der Waals surface area (Å²) in [6, 6.07) is 0.540. The predicted molar refractivity (Wildman–Crippen MR) is 59.7 cm³/mol. The second-order valence-electron chi connectivity index (χ2n) is 2.52. The summed E-state index contributed by atoms with van der Waals surface area (Å²) >= 11 is 0. The van der Waals surface area contributed by atoms with Crippen LogP contribution in [-0.4, -0.2) is 46.3 Å². The van der Waals surface area contributed by atoms with E-state index >= 15 is 0 Å². The largest absolute Gasteiger partial charge is 0.508 e. The van der Waals surface area contributed by atoms with E-state index in [1.165, 1.54) is 0 Å². The highest BCUT2D eigenvalue weighted by Crippen LogP contribution is 2.26. The highest BCUT2D eigenvalue weighted by Gasteiger charge is 2.40. The molecule has 14 heavy (non-hydrogen) atoms. The Labute approximate surface area is 89.9 Å². The minimum Gasteiger partial charge on any atom is -0.424 e. The third kappa shape index (κ3) is 4.74. The molecule has 5 nitrogen and oxygen atoms in total. The van der Waals surface area contributed by atoms with E-state index in [4.69, 9.17) is 17.5 Å². The summed E-state index contributed by atoms with van der Waals surface area (Å²) in [7, 11) is -0.445. The van der Waals surface area contributed by atoms with E-state index < -0.39 is 16.8 Å². The maximum atomic E-state index is 11.2. The van der Waals surface area contributed by atoms with Gasteiger partial charge in [0.05, 0.1) is 12.7 Å². The molecule has 1 unspecified atom stereocenters. The minimum atomic E-state index is -2.51. The van der Waals surface area contributed by atoms with Gasteiger partial charge in [0.2, 0.25) is 0 Å². The van der Waals surface area contributed by atoms with Crippen LogP contribution < -0.4 is 0 Å². The van der Waals surface area contributed by atoms with E-state index in [-0.39, 0.29) is 0 Å². The first-order chi connectivity index (χ1) is 6.64. The van der Waals surface area contributed by atoms with Gasteiger partial charge in [0.15, 0.2) is 6.16 Å². The first kappa shape index (κ1) is 14.4. The van der Waals surface area contributed by atoms with Crippen LogP contribution in [0.3, 0.4) is 0 Å². The van der Waals surface area contributed by atoms with Crippen molar-refractivity contribution in [3.63, 3.8) is 0 Å². The number of rotatable bonds is 8. The van der Waals surface area contributed by atoms with Gasteiger partial charge in [0, 0.05) is 14.2 Å². The van der Waals surface area contributed by atoms with E-state index in [0.29, 0.717) is 29.3 Å². The van der Waals surface area contributed by atoms with Crippen molar-refractivity contribution in [1.82, 2.24) is 0 Å². The smallest absolute Gasteiger partial charge is 0.424 e. The van der Waals surface area contributed by atoms with E-state index in [0.717, 1.165) is 0 Å². The molecule has 0 aliphatic carbocycles. The second-order valence-corrected chi connectivity index (χ2v) is 8.21. The standard InChI is InChI=1S/C6H18O5PSi2/c1-4-10-12(7)5-6-14(8-2,9-3)11-13/h4-6H2,1-3,13H3/q+1. The van der Waals surface area contributed by atoms with Crippen LogP contribution in [0.15, 0.2) is 0 Å². The van der Waals surface area contributed by atoms with Crippen molar-refractivity contribution in [3.8, 4) is 0 Å². The molecule has 0 N–H and O–H groups in total. The Morgan fingerprint density at radius 2 is 1.93 bits per heavy atom. The summed E-state index contributed by atoms with van der Waals surface area (Å²) in [4.78, 5) is 0. The molecule has 0 bridgehead atoms. The third-order valence-electron chi connectivity index (χ3n) is 1.81. The molecule has 0 aliphatic heterocycles. The van der Waals surface area contributed by atoms with Crippen molar-refractivity contribution in [2.45, 2.75) is 13.0 Å². The van der Waals surface area contributed by atoms with Crippen LogP contribution in [0.2, 0.25) is 6.04 Å². The average molecular weight is 257 g/mol. The summed E-state index contributed by atoms with van der Waals surface area (Å²) < 4.78 is 31.9. The maximum Gasteiger partial charge on any atom is 0.508 e. The van der Waals surface area contributed by atoms with E-state index in [1.807, 2.05) is 6.92 Å². The topological polar surface area (TPSA) is 54.0 Å². The fourth-order valence-electron chi connectivity index (χ4n) is 0.993. The van der Waals surface area contributed by atoms with Gasteiger partial charge in [-0.05, 0) is 11.5 Å². The van der Waals surface area contributed by atoms with Crippen LogP contribution in [0.5, 0.6) is 0 Å². The van der Waals surface area contributed by atoms with Crippen molar-refractivity contribution in [1.29, 1.82) is 0 Å². The molecule has 0 amide bonds. The predicted octanol–water partition coefficient (Wildman–Crippen LogP) is 0.294. The fraction of sp³-hybridized carbons (Fsp3) is 1.00. The van der Waals surface area contributed by atoms with Crippen molar-refractivity contribution in [2.24, 2.45) is 0 Å². The summed E-state index contributed by atoms with van der Waals surface area (Å²) in [5.74, 6) is 0. The molecule has 8 heteroatoms. The molecule has 0 saturated carbocycles. The molecule has 0 radical (unpaired) electrons. The highest BCUT2D eigenvalue weighted by atomic mass is 31.1. The zero-order valence-electron chi connectivity index (χ0n) is 9.11. The zero-order valence-corrected chi connectivity index (χ0v) is 13.0. The monoisotopic (exact) mass is 257 g/mol. The van der Waals surface area contributed by atoms with Crippen LogP contribution >= 0.6 is 8.03 Å². The minimum absolute atomic E-state index is 0.430. The molecule has 0 fully saturated rings. The summed E-state index contributed by atoms with van der Waals surface area (Å²) in [5.41, 5.74) is 0. The second kappa shape index (κ2) is 7.64. The van der Waals surface area contributed by atoms with Gasteiger partial charge in [-0.2, -0.15) is 0 Å². The van der Waals surface area contributed by atoms with Crippen molar-refractivity contribution >= 4 is 27.3 Å². The molecular formula is C6H18O5PSi2+. The van der Waals surface area contributed by atoms with Crippen LogP contribution in [-0.2, 0) is 22.1 Å². The number of hydrogen-bond acceptors (Lipinski definition) is 5. The van der Waals surface area contributed by atoms with Gasteiger partial charge in [0.25, 0.3) is 0 Å². The first-order valence-corrected chi connectivity index (χ1v) is 8.48. The number of hydrogen-bond donors (Lipinski definition) is 0. The first-order valence-electron chi connectivity index (χ1n) is 4.37. The lowest BCUT2D eigenvalue weighted by atomic mass is 10.9. The van der Waals surface area contributed by atoms with Crippen LogP contribution in [0.1, 0.15) is 6.92 Å². The van der Waals surface area contributed by atoms with Gasteiger partial charge in [-0.25, -0.2) is 0 Å². The maximum absolute atomic E-state index is 11.2. The normalized spacial score (nSPS) is 13.2. The molecule has 0 heterocycles. The Hall–Kier alpha value is 0.374. The zero-order chi connectivity index (χ0) is 11.0. The van der Waals surface area contributed by atoms with Gasteiger partial charge < -0.3 is 13.0 Å². The fourth-order valence-corrected chi connectivity index (χ4v) is 5.96. The lowest BCUT2D eigenvalue weighted by Crippen LogP contribution is -2.43. The summed E-state index contributed by atoms with van der Waals surface area (Å²) in [5, 5.41) is 0. The van der Waals surface area contributed by atoms with Crippen molar-refractivity contribution < 1.29 is 22.1 Å². The molecule has 0 saturated heterocycles. The molecule has 0 aromatic rings. The molecule has 0 aromatic heterocycles. The SMILES string of the molecule is CCO[P+](=O)CC[Si](OC)(OC)O[SiH3]. The summed E-state index contributed by atoms with van der Waals surface area (Å²) in [6.45, 7) is 2.28. The Morgan fingerprint density at radius 1 is 1.36 bits per heavy atom. The quantitative estimate of drug-likeness (QED) is 0.462. The van der Waals surface area contributed by atoms with Gasteiger partial charge >= 0.3 is 16.8 Å². The van der Waals surface area contributed by atoms with Crippen molar-refractivity contribution in [2.75, 3.05) is 27.0 Å². The van der Waals surface area contributed by atoms with E-state index in [2.05, 4.69) is 0 Å². The molecule has 84 valence electrons. The molecule has 0 rings (SSSR count). The van der Waals surface area contributed by atoms with Gasteiger partial charge in [-0.15, -0.1) is 4.52 Å². The van der Waals surface area contributed by atoms with Crippen LogP contribution in [0, 0.1) is 0 Å². The van der Waals surface area contributed by atoms with Crippen molar-refractivity contribution in [3.05, 3.63) is 0 Å². The van der Waals surface area contributed by atoms with Crippen LogP contribution in [0.4, 0.5) is 0 Å². The van der Waals surface area contributed by atoms with Crippen LogP contribution in [0.25, 0.3) is 0 Å². The molecule has 0 spiro atoms. The lowest BCUT2D eigenvalue weighted by molar-refractivity contribution is 0.167. The van der Waals surface area contributed by atoms with Gasteiger partial charge in [-0.3, -0.25) is 0 Å². The Morgan fingerprint density at radius 3 is 2.29 bits per heavy atom. The molecule has 1 atom stereocenters. The van der Waals surface area contributed by atoms with E-state index in [9.17, 15) is 4.57 Å². The van der Waals surface area contributed by atoms with Gasteiger partial charge in [-0.1, -0.05) is 0 Å². The lowest BCUT2D eigenvalue weighted by Gasteiger charge is -2.22. The highest BCUT2D eigenvalue weighted by molar-refractivity contribution is 7.39. The average Bonchev–Trinajstić information content (AvgIpc) is 2.21. The third-order valence-corrected chi connectivity index (χ3v) is 7.96. The van der Waals surface area contributed by atoms with E-state index in [1.54, 1.807) is 14.2 Å². The Kier molecular flexibility index (Phi) is 7.84.